The van der Waals surface area contributed by atoms with Crippen molar-refractivity contribution in [1.29, 1.82) is 5.41 Å². The van der Waals surface area contributed by atoms with E-state index in [1.54, 1.807) is 0 Å². The van der Waals surface area contributed by atoms with Gasteiger partial charge in [-0.05, 0) is 19.1 Å². The van der Waals surface area contributed by atoms with Crippen LogP contribution in [0.3, 0.4) is 0 Å². The summed E-state index contributed by atoms with van der Waals surface area (Å²) in [6.07, 6.45) is 1.07. The highest BCUT2D eigenvalue weighted by atomic mass is 15.4. The molecule has 0 unspecified atom stereocenters. The first-order valence-corrected chi connectivity index (χ1v) is 3.35. The molecule has 12 heavy (non-hydrogen) atoms. The second-order valence-electron chi connectivity index (χ2n) is 2.37. The standard InChI is InChI=1S/C8H11N3.H3N/c1-7-2-4-8(5-3-7)11(10)6-9;/h2-6,9H,10H2,1H3;1H3. The molecule has 0 radical (unpaired) electrons. The number of hydrogen-bond acceptors (Lipinski definition) is 3. The molecular weight excluding hydrogens is 152 g/mol. The Morgan fingerprint density at radius 3 is 2.25 bits per heavy atom. The average Bonchev–Trinajstić information content (AvgIpc) is 2.05. The van der Waals surface area contributed by atoms with Crippen molar-refractivity contribution in [2.24, 2.45) is 5.84 Å². The lowest BCUT2D eigenvalue weighted by Crippen LogP contribution is -2.28. The number of nitrogens with one attached hydrogen (secondary N) is 1. The van der Waals surface area contributed by atoms with E-state index in [0.717, 1.165) is 12.0 Å². The number of hydrogen-bond donors (Lipinski definition) is 3. The van der Waals surface area contributed by atoms with Crippen LogP contribution < -0.4 is 17.0 Å². The normalized spacial score (nSPS) is 8.50. The predicted molar refractivity (Wildman–Crippen MR) is 51.7 cm³/mol. The van der Waals surface area contributed by atoms with E-state index in [1.807, 2.05) is 31.2 Å². The van der Waals surface area contributed by atoms with E-state index >= 15 is 0 Å². The fraction of sp³-hybridized carbons (Fsp3) is 0.125. The molecule has 0 aliphatic carbocycles. The molecule has 6 N–H and O–H groups in total. The van der Waals surface area contributed by atoms with Gasteiger partial charge in [0.05, 0.1) is 5.69 Å². The van der Waals surface area contributed by atoms with Crippen LogP contribution in [-0.4, -0.2) is 6.34 Å². The first-order valence-electron chi connectivity index (χ1n) is 3.35. The Labute approximate surface area is 72.1 Å². The zero-order valence-corrected chi connectivity index (χ0v) is 7.12. The zero-order chi connectivity index (χ0) is 8.27. The number of nitrogens with two attached hydrogens (primary N) is 1. The van der Waals surface area contributed by atoms with Gasteiger partial charge in [0.25, 0.3) is 0 Å². The first-order chi connectivity index (χ1) is 5.24. The SMILES string of the molecule is Cc1ccc(N(N)C=N)cc1.N. The minimum atomic E-state index is 0. The lowest BCUT2D eigenvalue weighted by Gasteiger charge is -2.10. The van der Waals surface area contributed by atoms with Crippen molar-refractivity contribution in [2.75, 3.05) is 5.01 Å². The second kappa shape index (κ2) is 4.48. The van der Waals surface area contributed by atoms with Crippen molar-refractivity contribution in [3.05, 3.63) is 29.8 Å². The molecule has 0 aromatic heterocycles. The molecule has 0 aliphatic rings. The van der Waals surface area contributed by atoms with Gasteiger partial charge in [0.2, 0.25) is 0 Å². The van der Waals surface area contributed by atoms with Crippen molar-refractivity contribution in [3.63, 3.8) is 0 Å². The Balaban J connectivity index is 0.00000121. The molecule has 0 fully saturated rings. The fourth-order valence-electron chi connectivity index (χ4n) is 0.791. The molecule has 0 saturated carbocycles. The maximum Gasteiger partial charge on any atom is 0.101 e. The molecule has 0 spiro atoms. The van der Waals surface area contributed by atoms with Gasteiger partial charge in [-0.25, -0.2) is 5.84 Å². The van der Waals surface area contributed by atoms with Crippen molar-refractivity contribution in [2.45, 2.75) is 6.92 Å². The Bertz CT molecular complexity index is 242. The molecule has 1 aromatic carbocycles. The van der Waals surface area contributed by atoms with Crippen LogP contribution in [0.5, 0.6) is 0 Å². The van der Waals surface area contributed by atoms with Gasteiger partial charge in [0, 0.05) is 0 Å². The van der Waals surface area contributed by atoms with Crippen LogP contribution in [0.25, 0.3) is 0 Å². The van der Waals surface area contributed by atoms with Gasteiger partial charge < -0.3 is 6.15 Å². The summed E-state index contributed by atoms with van der Waals surface area (Å²) in [5, 5.41) is 8.14. The number of nitrogens with zero attached hydrogens (tertiary/aromatic N) is 1. The lowest BCUT2D eigenvalue weighted by molar-refractivity contribution is 1.14. The summed E-state index contributed by atoms with van der Waals surface area (Å²) < 4.78 is 0. The predicted octanol–water partition coefficient (Wildman–Crippen LogP) is 1.44. The number of hydrazine groups is 1. The molecule has 0 saturated heterocycles. The molecular formula is C8H14N4. The minimum absolute atomic E-state index is 0. The number of rotatable bonds is 2. The Morgan fingerprint density at radius 2 is 1.83 bits per heavy atom. The molecule has 0 amide bonds. The quantitative estimate of drug-likeness (QED) is 0.269. The van der Waals surface area contributed by atoms with Crippen molar-refractivity contribution >= 4 is 12.0 Å². The van der Waals surface area contributed by atoms with E-state index in [0.29, 0.717) is 0 Å². The van der Waals surface area contributed by atoms with E-state index in [-0.39, 0.29) is 6.15 Å². The van der Waals surface area contributed by atoms with Gasteiger partial charge in [-0.15, -0.1) is 0 Å². The smallest absolute Gasteiger partial charge is 0.101 e. The summed E-state index contributed by atoms with van der Waals surface area (Å²) in [5.74, 6) is 5.43. The summed E-state index contributed by atoms with van der Waals surface area (Å²) in [4.78, 5) is 0. The van der Waals surface area contributed by atoms with E-state index in [4.69, 9.17) is 11.3 Å². The van der Waals surface area contributed by atoms with Gasteiger partial charge in [0.15, 0.2) is 0 Å². The van der Waals surface area contributed by atoms with E-state index in [2.05, 4.69) is 0 Å². The monoisotopic (exact) mass is 166 g/mol. The van der Waals surface area contributed by atoms with Crippen LogP contribution in [0.1, 0.15) is 5.56 Å². The van der Waals surface area contributed by atoms with Crippen LogP contribution in [0.4, 0.5) is 5.69 Å². The Morgan fingerprint density at radius 1 is 1.33 bits per heavy atom. The highest BCUT2D eigenvalue weighted by Crippen LogP contribution is 2.09. The summed E-state index contributed by atoms with van der Waals surface area (Å²) in [6.45, 7) is 2.01. The van der Waals surface area contributed by atoms with Crippen LogP contribution >= 0.6 is 0 Å². The number of benzene rings is 1. The van der Waals surface area contributed by atoms with Crippen LogP contribution in [0.15, 0.2) is 24.3 Å². The van der Waals surface area contributed by atoms with Gasteiger partial charge >= 0.3 is 0 Å². The summed E-state index contributed by atoms with van der Waals surface area (Å²) >= 11 is 0. The number of aryl methyl sites for hydroxylation is 1. The summed E-state index contributed by atoms with van der Waals surface area (Å²) in [7, 11) is 0. The molecule has 4 heteroatoms. The second-order valence-corrected chi connectivity index (χ2v) is 2.37. The zero-order valence-electron chi connectivity index (χ0n) is 7.12. The molecule has 0 atom stereocenters. The molecule has 0 heterocycles. The highest BCUT2D eigenvalue weighted by molar-refractivity contribution is 5.74. The summed E-state index contributed by atoms with van der Waals surface area (Å²) in [6, 6.07) is 7.66. The van der Waals surface area contributed by atoms with Gasteiger partial charge in [0.1, 0.15) is 6.34 Å². The van der Waals surface area contributed by atoms with E-state index in [9.17, 15) is 0 Å². The largest absolute Gasteiger partial charge is 0.344 e. The summed E-state index contributed by atoms with van der Waals surface area (Å²) in [5.41, 5.74) is 2.01. The van der Waals surface area contributed by atoms with Gasteiger partial charge in [-0.2, -0.15) is 0 Å². The molecule has 1 aromatic rings. The lowest BCUT2D eigenvalue weighted by atomic mass is 10.2. The molecule has 66 valence electrons. The van der Waals surface area contributed by atoms with Crippen molar-refractivity contribution < 1.29 is 0 Å². The average molecular weight is 166 g/mol. The third-order valence-corrected chi connectivity index (χ3v) is 1.47. The molecule has 0 aliphatic heterocycles. The molecule has 0 bridgehead atoms. The number of anilines is 1. The molecule has 1 rings (SSSR count). The minimum Gasteiger partial charge on any atom is -0.344 e. The topological polar surface area (TPSA) is 88.1 Å². The third kappa shape index (κ3) is 2.34. The van der Waals surface area contributed by atoms with Gasteiger partial charge in [-0.1, -0.05) is 17.7 Å². The maximum absolute atomic E-state index is 6.88. The van der Waals surface area contributed by atoms with Crippen LogP contribution in [0.2, 0.25) is 0 Å². The fourth-order valence-corrected chi connectivity index (χ4v) is 0.791. The van der Waals surface area contributed by atoms with E-state index < -0.39 is 0 Å². The first kappa shape index (κ1) is 10.6. The van der Waals surface area contributed by atoms with Crippen molar-refractivity contribution in [1.82, 2.24) is 6.15 Å². The third-order valence-electron chi connectivity index (χ3n) is 1.47. The van der Waals surface area contributed by atoms with Crippen molar-refractivity contribution in [3.8, 4) is 0 Å². The van der Waals surface area contributed by atoms with Crippen LogP contribution in [-0.2, 0) is 0 Å². The maximum atomic E-state index is 6.88. The Kier molecular flexibility index (Phi) is 3.96. The highest BCUT2D eigenvalue weighted by Gasteiger charge is 1.94. The van der Waals surface area contributed by atoms with Gasteiger partial charge in [-0.3, -0.25) is 10.4 Å². The van der Waals surface area contributed by atoms with E-state index in [1.165, 1.54) is 10.6 Å². The molecule has 4 nitrogen and oxygen atoms in total. The van der Waals surface area contributed by atoms with Crippen LogP contribution in [0, 0.1) is 12.3 Å². The Hall–Kier alpha value is -1.39.